The summed E-state index contributed by atoms with van der Waals surface area (Å²) < 4.78 is 24.6. The Balaban J connectivity index is 2.08. The smallest absolute Gasteiger partial charge is 0.208 e. The summed E-state index contributed by atoms with van der Waals surface area (Å²) in [4.78, 5) is 0. The molecule has 0 aromatic carbocycles. The fraction of sp³-hybridized carbons (Fsp3) is 0.625. The van der Waals surface area contributed by atoms with Crippen LogP contribution in [-0.4, -0.2) is 30.9 Å². The summed E-state index contributed by atoms with van der Waals surface area (Å²) in [5.41, 5.74) is 2.26. The molecule has 2 N–H and O–H groups in total. The molecule has 0 aliphatic heterocycles. The Hall–Kier alpha value is -0.880. The first-order valence-corrected chi connectivity index (χ1v) is 6.42. The molecule has 1 unspecified atom stereocenters. The summed E-state index contributed by atoms with van der Waals surface area (Å²) in [6.07, 6.45) is 5.45. The van der Waals surface area contributed by atoms with E-state index in [9.17, 15) is 8.42 Å². The molecule has 1 atom stereocenters. The Kier molecular flexibility index (Phi) is 2.32. The van der Waals surface area contributed by atoms with Gasteiger partial charge in [-0.05, 0) is 18.4 Å². The lowest BCUT2D eigenvalue weighted by Crippen LogP contribution is -2.38. The van der Waals surface area contributed by atoms with Gasteiger partial charge in [0.2, 0.25) is 10.0 Å². The second-order valence-corrected chi connectivity index (χ2v) is 5.48. The third-order valence-electron chi connectivity index (χ3n) is 2.40. The van der Waals surface area contributed by atoms with Gasteiger partial charge in [0.05, 0.1) is 12.5 Å². The lowest BCUT2D eigenvalue weighted by atomic mass is 9.95. The molecule has 6 heteroatoms. The summed E-state index contributed by atoms with van der Waals surface area (Å²) in [5, 5.41) is 6.82. The van der Waals surface area contributed by atoms with Crippen LogP contribution in [0.25, 0.3) is 0 Å². The van der Waals surface area contributed by atoms with E-state index in [1.54, 1.807) is 0 Å². The highest BCUT2D eigenvalue weighted by atomic mass is 32.2. The Morgan fingerprint density at radius 1 is 1.64 bits per heavy atom. The monoisotopic (exact) mass is 215 g/mol. The number of rotatable bonds is 2. The number of hydrogen-bond donors (Lipinski definition) is 2. The van der Waals surface area contributed by atoms with Crippen molar-refractivity contribution in [1.82, 2.24) is 14.9 Å². The van der Waals surface area contributed by atoms with E-state index >= 15 is 0 Å². The van der Waals surface area contributed by atoms with Crippen molar-refractivity contribution >= 4 is 10.0 Å². The van der Waals surface area contributed by atoms with Gasteiger partial charge in [-0.2, -0.15) is 5.10 Å². The number of nitrogens with zero attached hydrogens (tertiary/aromatic N) is 1. The van der Waals surface area contributed by atoms with Gasteiger partial charge in [-0.25, -0.2) is 13.1 Å². The van der Waals surface area contributed by atoms with Crippen molar-refractivity contribution in [2.24, 2.45) is 0 Å². The molecule has 0 radical (unpaired) electrons. The molecule has 1 aliphatic rings. The molecule has 1 heterocycles. The molecular formula is C8H13N3O2S. The summed E-state index contributed by atoms with van der Waals surface area (Å²) in [6.45, 7) is 0. The van der Waals surface area contributed by atoms with E-state index in [1.165, 1.54) is 11.8 Å². The highest BCUT2D eigenvalue weighted by Crippen LogP contribution is 2.18. The number of sulfonamides is 1. The van der Waals surface area contributed by atoms with Gasteiger partial charge in [0.25, 0.3) is 0 Å². The Morgan fingerprint density at radius 2 is 2.43 bits per heavy atom. The molecular weight excluding hydrogens is 202 g/mol. The average Bonchev–Trinajstić information content (AvgIpc) is 2.47. The van der Waals surface area contributed by atoms with Crippen LogP contribution >= 0.6 is 0 Å². The zero-order chi connectivity index (χ0) is 10.2. The molecule has 5 nitrogen and oxygen atoms in total. The number of H-pyrrole nitrogens is 1. The summed E-state index contributed by atoms with van der Waals surface area (Å²) in [6, 6.07) is 0.0120. The summed E-state index contributed by atoms with van der Waals surface area (Å²) >= 11 is 0. The molecule has 0 fully saturated rings. The Morgan fingerprint density at radius 3 is 3.14 bits per heavy atom. The van der Waals surface area contributed by atoms with Crippen LogP contribution in [0.15, 0.2) is 6.20 Å². The summed E-state index contributed by atoms with van der Waals surface area (Å²) in [5.74, 6) is 0. The van der Waals surface area contributed by atoms with Gasteiger partial charge in [-0.3, -0.25) is 5.10 Å². The number of aromatic amines is 1. The van der Waals surface area contributed by atoms with Crippen LogP contribution in [0.1, 0.15) is 17.7 Å². The minimum Gasteiger partial charge on any atom is -0.282 e. The van der Waals surface area contributed by atoms with Crippen molar-refractivity contribution in [3.63, 3.8) is 0 Å². The van der Waals surface area contributed by atoms with Gasteiger partial charge in [-0.1, -0.05) is 0 Å². The van der Waals surface area contributed by atoms with Crippen molar-refractivity contribution in [2.75, 3.05) is 6.26 Å². The number of aromatic nitrogens is 2. The lowest BCUT2D eigenvalue weighted by Gasteiger charge is -2.21. The molecule has 0 bridgehead atoms. The second kappa shape index (κ2) is 3.36. The molecule has 0 saturated heterocycles. The van der Waals surface area contributed by atoms with E-state index in [0.29, 0.717) is 6.42 Å². The lowest BCUT2D eigenvalue weighted by molar-refractivity contribution is 0.507. The van der Waals surface area contributed by atoms with Crippen LogP contribution in [-0.2, 0) is 22.9 Å². The zero-order valence-corrected chi connectivity index (χ0v) is 8.76. The first-order chi connectivity index (χ1) is 6.54. The zero-order valence-electron chi connectivity index (χ0n) is 7.95. The Labute approximate surface area is 83.0 Å². The molecule has 78 valence electrons. The van der Waals surface area contributed by atoms with Crippen LogP contribution in [0.4, 0.5) is 0 Å². The molecule has 1 aliphatic carbocycles. The van der Waals surface area contributed by atoms with E-state index in [4.69, 9.17) is 0 Å². The minimum atomic E-state index is -3.09. The first kappa shape index (κ1) is 9.67. The van der Waals surface area contributed by atoms with Crippen LogP contribution in [0.5, 0.6) is 0 Å². The number of nitrogens with one attached hydrogen (secondary N) is 2. The SMILES string of the molecule is CS(=O)(=O)NC1CCc2cn[nH]c2C1. The predicted octanol–water partition coefficient (Wildman–Crippen LogP) is -0.184. The van der Waals surface area contributed by atoms with E-state index in [-0.39, 0.29) is 6.04 Å². The average molecular weight is 215 g/mol. The van der Waals surface area contributed by atoms with E-state index in [0.717, 1.165) is 18.5 Å². The van der Waals surface area contributed by atoms with Crippen LogP contribution in [0.2, 0.25) is 0 Å². The highest BCUT2D eigenvalue weighted by molar-refractivity contribution is 7.88. The molecule has 14 heavy (non-hydrogen) atoms. The van der Waals surface area contributed by atoms with Crippen molar-refractivity contribution in [2.45, 2.75) is 25.3 Å². The quantitative estimate of drug-likeness (QED) is 0.718. The third-order valence-corrected chi connectivity index (χ3v) is 3.16. The topological polar surface area (TPSA) is 74.8 Å². The van der Waals surface area contributed by atoms with Gasteiger partial charge in [-0.15, -0.1) is 0 Å². The fourth-order valence-corrected chi connectivity index (χ4v) is 2.62. The van der Waals surface area contributed by atoms with Crippen LogP contribution < -0.4 is 4.72 Å². The Bertz CT molecular complexity index is 424. The maximum Gasteiger partial charge on any atom is 0.208 e. The van der Waals surface area contributed by atoms with Crippen LogP contribution in [0.3, 0.4) is 0 Å². The van der Waals surface area contributed by atoms with Gasteiger partial charge >= 0.3 is 0 Å². The number of aryl methyl sites for hydroxylation is 1. The largest absolute Gasteiger partial charge is 0.282 e. The van der Waals surface area contributed by atoms with Gasteiger partial charge in [0, 0.05) is 18.2 Å². The van der Waals surface area contributed by atoms with E-state index in [1.807, 2.05) is 6.20 Å². The molecule has 0 amide bonds. The maximum atomic E-state index is 11.0. The predicted molar refractivity (Wildman–Crippen MR) is 52.4 cm³/mol. The van der Waals surface area contributed by atoms with Gasteiger partial charge < -0.3 is 0 Å². The van der Waals surface area contributed by atoms with Gasteiger partial charge in [0.1, 0.15) is 0 Å². The molecule has 2 rings (SSSR count). The van der Waals surface area contributed by atoms with E-state index < -0.39 is 10.0 Å². The molecule has 0 spiro atoms. The fourth-order valence-electron chi connectivity index (χ4n) is 1.81. The second-order valence-electron chi connectivity index (χ2n) is 3.70. The van der Waals surface area contributed by atoms with Gasteiger partial charge in [0.15, 0.2) is 0 Å². The first-order valence-electron chi connectivity index (χ1n) is 4.53. The molecule has 1 aromatic rings. The number of fused-ring (bicyclic) bond motifs is 1. The van der Waals surface area contributed by atoms with Crippen molar-refractivity contribution in [3.05, 3.63) is 17.5 Å². The third kappa shape index (κ3) is 2.13. The number of hydrogen-bond acceptors (Lipinski definition) is 3. The van der Waals surface area contributed by atoms with E-state index in [2.05, 4.69) is 14.9 Å². The summed E-state index contributed by atoms with van der Waals surface area (Å²) in [7, 11) is -3.09. The maximum absolute atomic E-state index is 11.0. The molecule has 0 saturated carbocycles. The standard InChI is InChI=1S/C8H13N3O2S/c1-14(12,13)11-7-3-2-6-5-9-10-8(6)4-7/h5,7,11H,2-4H2,1H3,(H,9,10). The van der Waals surface area contributed by atoms with Crippen molar-refractivity contribution in [1.29, 1.82) is 0 Å². The highest BCUT2D eigenvalue weighted by Gasteiger charge is 2.22. The van der Waals surface area contributed by atoms with Crippen molar-refractivity contribution in [3.8, 4) is 0 Å². The van der Waals surface area contributed by atoms with Crippen LogP contribution in [0, 0.1) is 0 Å². The normalized spacial score (nSPS) is 21.9. The van der Waals surface area contributed by atoms with Crippen molar-refractivity contribution < 1.29 is 8.42 Å². The minimum absolute atomic E-state index is 0.0120. The molecule has 1 aromatic heterocycles.